The van der Waals surface area contributed by atoms with E-state index in [0.29, 0.717) is 27.6 Å². The largest absolute Gasteiger partial charge is 0.350 e. The van der Waals surface area contributed by atoms with Crippen LogP contribution in [-0.2, 0) is 14.4 Å². The van der Waals surface area contributed by atoms with Gasteiger partial charge in [0.15, 0.2) is 0 Å². The zero-order valence-corrected chi connectivity index (χ0v) is 19.2. The Morgan fingerprint density at radius 2 is 1.55 bits per heavy atom. The molecule has 4 rings (SSSR count). The number of carbonyl (C=O) groups is 3. The van der Waals surface area contributed by atoms with Gasteiger partial charge in [0.1, 0.15) is 5.70 Å². The molecule has 1 aliphatic rings. The fraction of sp³-hybridized carbons (Fsp3) is 0.115. The monoisotopic (exact) mass is 459 g/mol. The summed E-state index contributed by atoms with van der Waals surface area (Å²) in [6, 6.07) is 19.3. The first-order valence-electron chi connectivity index (χ1n) is 10.4. The van der Waals surface area contributed by atoms with Gasteiger partial charge in [0.05, 0.1) is 11.3 Å². The number of carbonyl (C=O) groups excluding carboxylic acids is 3. The topological polar surface area (TPSA) is 78.5 Å². The van der Waals surface area contributed by atoms with E-state index in [0.717, 1.165) is 16.0 Å². The van der Waals surface area contributed by atoms with Gasteiger partial charge in [-0.15, -0.1) is 0 Å². The molecule has 0 atom stereocenters. The summed E-state index contributed by atoms with van der Waals surface area (Å²) < 4.78 is 0. The average Bonchev–Trinajstić information content (AvgIpc) is 3.02. The van der Waals surface area contributed by atoms with Crippen LogP contribution in [0.2, 0.25) is 5.02 Å². The zero-order chi connectivity index (χ0) is 23.7. The van der Waals surface area contributed by atoms with E-state index in [2.05, 4.69) is 10.6 Å². The third kappa shape index (κ3) is 4.38. The van der Waals surface area contributed by atoms with E-state index in [1.165, 1.54) is 6.92 Å². The highest BCUT2D eigenvalue weighted by Gasteiger charge is 2.40. The van der Waals surface area contributed by atoms with Gasteiger partial charge >= 0.3 is 0 Å². The molecule has 3 aromatic rings. The lowest BCUT2D eigenvalue weighted by Crippen LogP contribution is -2.32. The van der Waals surface area contributed by atoms with Gasteiger partial charge in [0.2, 0.25) is 5.91 Å². The van der Waals surface area contributed by atoms with E-state index in [-0.39, 0.29) is 17.2 Å². The van der Waals surface area contributed by atoms with Gasteiger partial charge in [0, 0.05) is 23.3 Å². The maximum absolute atomic E-state index is 13.5. The fourth-order valence-electron chi connectivity index (χ4n) is 3.64. The molecule has 0 fully saturated rings. The number of amides is 3. The first kappa shape index (κ1) is 22.3. The summed E-state index contributed by atoms with van der Waals surface area (Å²) in [4.78, 5) is 39.5. The second kappa shape index (κ2) is 8.92. The Morgan fingerprint density at radius 1 is 0.879 bits per heavy atom. The Hall–Kier alpha value is -3.90. The lowest BCUT2D eigenvalue weighted by molar-refractivity contribution is -0.120. The lowest BCUT2D eigenvalue weighted by Gasteiger charge is -2.16. The van der Waals surface area contributed by atoms with Crippen molar-refractivity contribution in [3.05, 3.63) is 94.1 Å². The van der Waals surface area contributed by atoms with Crippen LogP contribution in [0.15, 0.2) is 72.4 Å². The number of nitrogens with one attached hydrogen (secondary N) is 2. The van der Waals surface area contributed by atoms with Crippen molar-refractivity contribution >= 4 is 52.0 Å². The molecule has 1 aliphatic heterocycles. The molecule has 0 aliphatic carbocycles. The molecule has 0 bridgehead atoms. The number of hydrogen-bond acceptors (Lipinski definition) is 4. The molecule has 0 radical (unpaired) electrons. The molecule has 0 saturated heterocycles. The Kier molecular flexibility index (Phi) is 6.03. The molecule has 0 aromatic heterocycles. The van der Waals surface area contributed by atoms with Crippen LogP contribution in [0.4, 0.5) is 17.1 Å². The predicted octanol–water partition coefficient (Wildman–Crippen LogP) is 5.31. The van der Waals surface area contributed by atoms with Crippen LogP contribution < -0.4 is 15.5 Å². The van der Waals surface area contributed by atoms with Gasteiger partial charge in [-0.3, -0.25) is 14.4 Å². The second-order valence-electron chi connectivity index (χ2n) is 7.83. The third-order valence-electron chi connectivity index (χ3n) is 5.40. The maximum Gasteiger partial charge on any atom is 0.282 e. The SMILES string of the molecule is CC(=O)Nc1ccc(N2C(=O)C(Nc3cccc(Cl)c3C)=C(c3ccc(C)cc3)C2=O)cc1. The normalized spacial score (nSPS) is 13.5. The first-order chi connectivity index (χ1) is 15.8. The van der Waals surface area contributed by atoms with Crippen molar-refractivity contribution in [1.29, 1.82) is 0 Å². The van der Waals surface area contributed by atoms with Crippen molar-refractivity contribution in [2.75, 3.05) is 15.5 Å². The van der Waals surface area contributed by atoms with Crippen LogP contribution in [0.1, 0.15) is 23.6 Å². The minimum Gasteiger partial charge on any atom is -0.350 e. The van der Waals surface area contributed by atoms with Gasteiger partial charge < -0.3 is 10.6 Å². The van der Waals surface area contributed by atoms with Crippen molar-refractivity contribution < 1.29 is 14.4 Å². The second-order valence-corrected chi connectivity index (χ2v) is 8.23. The number of rotatable bonds is 5. The lowest BCUT2D eigenvalue weighted by atomic mass is 10.0. The van der Waals surface area contributed by atoms with Crippen molar-refractivity contribution in [2.24, 2.45) is 0 Å². The standard InChI is InChI=1S/C26H22ClN3O3/c1-15-7-9-18(10-8-15)23-24(29-22-6-4-5-21(27)16(22)2)26(33)30(25(23)32)20-13-11-19(12-14-20)28-17(3)31/h4-14,29H,1-3H3,(H,28,31). The van der Waals surface area contributed by atoms with Crippen molar-refractivity contribution in [1.82, 2.24) is 0 Å². The molecular formula is C26H22ClN3O3. The van der Waals surface area contributed by atoms with E-state index >= 15 is 0 Å². The van der Waals surface area contributed by atoms with Crippen LogP contribution in [0.5, 0.6) is 0 Å². The van der Waals surface area contributed by atoms with Crippen LogP contribution in [0.25, 0.3) is 5.57 Å². The molecule has 2 N–H and O–H groups in total. The Morgan fingerprint density at radius 3 is 2.18 bits per heavy atom. The smallest absolute Gasteiger partial charge is 0.282 e. The summed E-state index contributed by atoms with van der Waals surface area (Å²) in [6.07, 6.45) is 0. The molecule has 0 spiro atoms. The summed E-state index contributed by atoms with van der Waals surface area (Å²) in [5.41, 5.74) is 4.54. The summed E-state index contributed by atoms with van der Waals surface area (Å²) in [6.45, 7) is 5.21. The van der Waals surface area contributed by atoms with E-state index in [1.807, 2.05) is 44.2 Å². The number of hydrogen-bond donors (Lipinski definition) is 2. The Balaban J connectivity index is 1.78. The molecule has 1 heterocycles. The van der Waals surface area contributed by atoms with Gasteiger partial charge in [0.25, 0.3) is 11.8 Å². The van der Waals surface area contributed by atoms with Gasteiger partial charge in [-0.1, -0.05) is 47.5 Å². The zero-order valence-electron chi connectivity index (χ0n) is 18.4. The third-order valence-corrected chi connectivity index (χ3v) is 5.81. The molecule has 3 aromatic carbocycles. The predicted molar refractivity (Wildman–Crippen MR) is 131 cm³/mol. The highest BCUT2D eigenvalue weighted by molar-refractivity contribution is 6.46. The van der Waals surface area contributed by atoms with Crippen LogP contribution in [0.3, 0.4) is 0 Å². The number of benzene rings is 3. The summed E-state index contributed by atoms with van der Waals surface area (Å²) in [7, 11) is 0. The minimum absolute atomic E-state index is 0.181. The maximum atomic E-state index is 13.5. The number of halogens is 1. The van der Waals surface area contributed by atoms with Crippen LogP contribution in [-0.4, -0.2) is 17.7 Å². The average molecular weight is 460 g/mol. The molecule has 0 saturated carbocycles. The number of nitrogens with zero attached hydrogens (tertiary/aromatic N) is 1. The summed E-state index contributed by atoms with van der Waals surface area (Å²) in [5, 5.41) is 6.39. The van der Waals surface area contributed by atoms with Crippen LogP contribution in [0, 0.1) is 13.8 Å². The Bertz CT molecular complexity index is 1300. The molecule has 3 amide bonds. The fourth-order valence-corrected chi connectivity index (χ4v) is 3.82. The van der Waals surface area contributed by atoms with E-state index < -0.39 is 11.8 Å². The van der Waals surface area contributed by atoms with E-state index in [4.69, 9.17) is 11.6 Å². The van der Waals surface area contributed by atoms with Crippen LogP contribution >= 0.6 is 11.6 Å². The summed E-state index contributed by atoms with van der Waals surface area (Å²) >= 11 is 6.26. The van der Waals surface area contributed by atoms with Crippen molar-refractivity contribution in [2.45, 2.75) is 20.8 Å². The Labute approximate surface area is 196 Å². The summed E-state index contributed by atoms with van der Waals surface area (Å²) in [5.74, 6) is -1.11. The number of aryl methyl sites for hydroxylation is 1. The molecule has 33 heavy (non-hydrogen) atoms. The molecule has 6 nitrogen and oxygen atoms in total. The molecule has 166 valence electrons. The van der Waals surface area contributed by atoms with E-state index in [9.17, 15) is 14.4 Å². The van der Waals surface area contributed by atoms with Crippen molar-refractivity contribution in [3.8, 4) is 0 Å². The van der Waals surface area contributed by atoms with Gasteiger partial charge in [-0.05, 0) is 61.4 Å². The first-order valence-corrected chi connectivity index (χ1v) is 10.7. The molecule has 0 unspecified atom stereocenters. The number of anilines is 3. The number of imide groups is 1. The van der Waals surface area contributed by atoms with Gasteiger partial charge in [-0.2, -0.15) is 0 Å². The van der Waals surface area contributed by atoms with Gasteiger partial charge in [-0.25, -0.2) is 4.90 Å². The van der Waals surface area contributed by atoms with E-state index in [1.54, 1.807) is 36.4 Å². The molecular weight excluding hydrogens is 438 g/mol. The highest BCUT2D eigenvalue weighted by Crippen LogP contribution is 2.35. The van der Waals surface area contributed by atoms with Crippen molar-refractivity contribution in [3.63, 3.8) is 0 Å². The quantitative estimate of drug-likeness (QED) is 0.507. The minimum atomic E-state index is -0.470. The molecule has 7 heteroatoms. The highest BCUT2D eigenvalue weighted by atomic mass is 35.5.